The fourth-order valence-corrected chi connectivity index (χ4v) is 2.88. The quantitative estimate of drug-likeness (QED) is 0.606. The zero-order valence-electron chi connectivity index (χ0n) is 9.21. The maximum atomic E-state index is 5.36. The van der Waals surface area contributed by atoms with Gasteiger partial charge in [0.25, 0.3) is 0 Å². The van der Waals surface area contributed by atoms with Crippen LogP contribution in [0.2, 0.25) is 0 Å². The highest BCUT2D eigenvalue weighted by atomic mass is 79.9. The van der Waals surface area contributed by atoms with Crippen LogP contribution in [0.15, 0.2) is 24.3 Å². The molecule has 1 saturated heterocycles. The van der Waals surface area contributed by atoms with Crippen molar-refractivity contribution in [2.75, 3.05) is 5.33 Å². The van der Waals surface area contributed by atoms with Gasteiger partial charge in [0.2, 0.25) is 0 Å². The normalized spacial score (nSPS) is 28.5. The van der Waals surface area contributed by atoms with E-state index < -0.39 is 0 Å². The predicted octanol–water partition coefficient (Wildman–Crippen LogP) is 3.33. The Hall–Kier alpha value is -0.380. The van der Waals surface area contributed by atoms with Crippen molar-refractivity contribution in [3.63, 3.8) is 0 Å². The lowest BCUT2D eigenvalue weighted by Gasteiger charge is -2.52. The van der Waals surface area contributed by atoms with E-state index >= 15 is 0 Å². The standard InChI is InChI=1S/C12H15BrO2/c1-9-4-6-10(7-5-9)12(8-13)11(2,3)14-15-12/h4-7H,8H2,1-3H3. The van der Waals surface area contributed by atoms with Crippen molar-refractivity contribution in [3.05, 3.63) is 35.4 Å². The highest BCUT2D eigenvalue weighted by molar-refractivity contribution is 9.09. The topological polar surface area (TPSA) is 18.5 Å². The molecule has 0 amide bonds. The van der Waals surface area contributed by atoms with E-state index in [2.05, 4.69) is 47.1 Å². The third-order valence-corrected chi connectivity index (χ3v) is 3.86. The Kier molecular flexibility index (Phi) is 2.65. The van der Waals surface area contributed by atoms with Crippen molar-refractivity contribution in [1.29, 1.82) is 0 Å². The van der Waals surface area contributed by atoms with Crippen molar-refractivity contribution < 1.29 is 9.78 Å². The molecule has 0 saturated carbocycles. The minimum atomic E-state index is -0.360. The molecule has 1 heterocycles. The molecule has 0 N–H and O–H groups in total. The highest BCUT2D eigenvalue weighted by Gasteiger charge is 2.58. The van der Waals surface area contributed by atoms with Gasteiger partial charge in [0.1, 0.15) is 5.60 Å². The van der Waals surface area contributed by atoms with E-state index in [-0.39, 0.29) is 11.2 Å². The minimum absolute atomic E-state index is 0.286. The van der Waals surface area contributed by atoms with Crippen LogP contribution in [0.5, 0.6) is 0 Å². The van der Waals surface area contributed by atoms with E-state index in [9.17, 15) is 0 Å². The van der Waals surface area contributed by atoms with Crippen LogP contribution in [-0.2, 0) is 15.4 Å². The molecule has 1 unspecified atom stereocenters. The Morgan fingerprint density at radius 3 is 2.07 bits per heavy atom. The smallest absolute Gasteiger partial charge is 0.169 e. The third kappa shape index (κ3) is 1.53. The maximum Gasteiger partial charge on any atom is 0.169 e. The van der Waals surface area contributed by atoms with Crippen LogP contribution in [0.1, 0.15) is 25.0 Å². The summed E-state index contributed by atoms with van der Waals surface area (Å²) in [5.74, 6) is 0. The Morgan fingerprint density at radius 2 is 1.73 bits per heavy atom. The van der Waals surface area contributed by atoms with Crippen molar-refractivity contribution in [2.24, 2.45) is 0 Å². The summed E-state index contributed by atoms with van der Waals surface area (Å²) >= 11 is 3.51. The molecule has 0 aliphatic carbocycles. The molecule has 2 nitrogen and oxygen atoms in total. The Bertz CT molecular complexity index is 354. The van der Waals surface area contributed by atoms with E-state index in [1.54, 1.807) is 0 Å². The first-order valence-corrected chi connectivity index (χ1v) is 6.14. The number of rotatable bonds is 2. The van der Waals surface area contributed by atoms with Gasteiger partial charge in [0.15, 0.2) is 5.60 Å². The summed E-state index contributed by atoms with van der Waals surface area (Å²) in [5, 5.41) is 0.732. The number of benzene rings is 1. The van der Waals surface area contributed by atoms with E-state index in [4.69, 9.17) is 9.78 Å². The first-order valence-electron chi connectivity index (χ1n) is 5.02. The monoisotopic (exact) mass is 270 g/mol. The van der Waals surface area contributed by atoms with Gasteiger partial charge in [-0.15, -0.1) is 0 Å². The van der Waals surface area contributed by atoms with Crippen LogP contribution >= 0.6 is 15.9 Å². The SMILES string of the molecule is Cc1ccc(C2(CBr)OOC2(C)C)cc1. The highest BCUT2D eigenvalue weighted by Crippen LogP contribution is 2.49. The van der Waals surface area contributed by atoms with Gasteiger partial charge < -0.3 is 0 Å². The van der Waals surface area contributed by atoms with Gasteiger partial charge in [0.05, 0.1) is 0 Å². The second-order valence-electron chi connectivity index (χ2n) is 4.50. The molecule has 15 heavy (non-hydrogen) atoms. The summed E-state index contributed by atoms with van der Waals surface area (Å²) in [6.07, 6.45) is 0. The minimum Gasteiger partial charge on any atom is -0.226 e. The van der Waals surface area contributed by atoms with Crippen LogP contribution < -0.4 is 0 Å². The van der Waals surface area contributed by atoms with Gasteiger partial charge in [-0.05, 0) is 26.3 Å². The average molecular weight is 271 g/mol. The molecule has 1 fully saturated rings. The summed E-state index contributed by atoms with van der Waals surface area (Å²) in [6, 6.07) is 8.39. The second-order valence-corrected chi connectivity index (χ2v) is 5.06. The number of hydrogen-bond donors (Lipinski definition) is 0. The molecule has 1 aliphatic rings. The molecular weight excluding hydrogens is 256 g/mol. The summed E-state index contributed by atoms with van der Waals surface area (Å²) in [5.41, 5.74) is 1.76. The molecule has 3 heteroatoms. The molecule has 0 aromatic heterocycles. The number of hydrogen-bond acceptors (Lipinski definition) is 2. The largest absolute Gasteiger partial charge is 0.226 e. The third-order valence-electron chi connectivity index (χ3n) is 3.07. The van der Waals surface area contributed by atoms with Crippen molar-refractivity contribution in [3.8, 4) is 0 Å². The Balaban J connectivity index is 2.39. The van der Waals surface area contributed by atoms with E-state index in [0.29, 0.717) is 0 Å². The van der Waals surface area contributed by atoms with E-state index in [1.165, 1.54) is 5.56 Å². The Morgan fingerprint density at radius 1 is 1.13 bits per heavy atom. The molecule has 0 spiro atoms. The average Bonchev–Trinajstić information content (AvgIpc) is 2.21. The lowest BCUT2D eigenvalue weighted by Crippen LogP contribution is -2.62. The van der Waals surface area contributed by atoms with Gasteiger partial charge in [0, 0.05) is 5.33 Å². The fourth-order valence-electron chi connectivity index (χ4n) is 1.79. The first kappa shape index (κ1) is 11.1. The van der Waals surface area contributed by atoms with Crippen molar-refractivity contribution in [1.82, 2.24) is 0 Å². The van der Waals surface area contributed by atoms with Crippen LogP contribution in [0.3, 0.4) is 0 Å². The van der Waals surface area contributed by atoms with Gasteiger partial charge in [-0.2, -0.15) is 0 Å². The predicted molar refractivity (Wildman–Crippen MR) is 62.9 cm³/mol. The molecule has 82 valence electrons. The molecule has 1 aliphatic heterocycles. The number of alkyl halides is 1. The molecular formula is C12H15BrO2. The molecule has 0 radical (unpaired) electrons. The van der Waals surface area contributed by atoms with Crippen molar-refractivity contribution in [2.45, 2.75) is 32.0 Å². The zero-order valence-corrected chi connectivity index (χ0v) is 10.8. The Labute approximate surface area is 98.6 Å². The van der Waals surface area contributed by atoms with Crippen LogP contribution in [0.4, 0.5) is 0 Å². The van der Waals surface area contributed by atoms with E-state index in [0.717, 1.165) is 10.9 Å². The summed E-state index contributed by atoms with van der Waals surface area (Å²) in [7, 11) is 0. The van der Waals surface area contributed by atoms with Crippen molar-refractivity contribution >= 4 is 15.9 Å². The molecule has 1 aromatic rings. The fraction of sp³-hybridized carbons (Fsp3) is 0.500. The molecule has 2 rings (SSSR count). The zero-order chi connectivity index (χ0) is 11.1. The molecule has 0 bridgehead atoms. The maximum absolute atomic E-state index is 5.36. The number of halogens is 1. The van der Waals surface area contributed by atoms with E-state index in [1.807, 2.05) is 13.8 Å². The van der Waals surface area contributed by atoms with Gasteiger partial charge in [-0.25, -0.2) is 9.78 Å². The van der Waals surface area contributed by atoms with Crippen LogP contribution in [0, 0.1) is 6.92 Å². The van der Waals surface area contributed by atoms with Crippen LogP contribution in [-0.4, -0.2) is 10.9 Å². The lowest BCUT2D eigenvalue weighted by molar-refractivity contribution is -0.546. The first-order chi connectivity index (χ1) is 7.02. The summed E-state index contributed by atoms with van der Waals surface area (Å²) in [4.78, 5) is 10.5. The van der Waals surface area contributed by atoms with Gasteiger partial charge >= 0.3 is 0 Å². The second kappa shape index (κ2) is 3.58. The molecule has 1 atom stereocenters. The molecule has 1 aromatic carbocycles. The lowest BCUT2D eigenvalue weighted by atomic mass is 9.79. The summed E-state index contributed by atoms with van der Waals surface area (Å²) < 4.78 is 0. The van der Waals surface area contributed by atoms with Crippen LogP contribution in [0.25, 0.3) is 0 Å². The van der Waals surface area contributed by atoms with Gasteiger partial charge in [-0.3, -0.25) is 0 Å². The van der Waals surface area contributed by atoms with Gasteiger partial charge in [-0.1, -0.05) is 45.8 Å². The number of aryl methyl sites for hydroxylation is 1. The summed E-state index contributed by atoms with van der Waals surface area (Å²) in [6.45, 7) is 6.16.